The maximum atomic E-state index is 5.94. The predicted octanol–water partition coefficient (Wildman–Crippen LogP) is 5.48. The number of hydrogen-bond donors (Lipinski definition) is 1. The number of halogens is 2. The van der Waals surface area contributed by atoms with Gasteiger partial charge in [-0.3, -0.25) is 0 Å². The summed E-state index contributed by atoms with van der Waals surface area (Å²) in [7, 11) is 0. The van der Waals surface area contributed by atoms with Gasteiger partial charge >= 0.3 is 0 Å². The highest BCUT2D eigenvalue weighted by Gasteiger charge is 2.26. The monoisotopic (exact) mass is 315 g/mol. The summed E-state index contributed by atoms with van der Waals surface area (Å²) in [5.41, 5.74) is 1.68. The van der Waals surface area contributed by atoms with Crippen molar-refractivity contribution >= 4 is 33.2 Å². The molecule has 0 heterocycles. The summed E-state index contributed by atoms with van der Waals surface area (Å²) in [6.45, 7) is 4.73. The van der Waals surface area contributed by atoms with Crippen molar-refractivity contribution in [3.8, 4) is 0 Å². The molecule has 0 spiro atoms. The lowest BCUT2D eigenvalue weighted by atomic mass is 9.75. The molecule has 17 heavy (non-hydrogen) atoms. The minimum atomic E-state index is 0.523. The first-order valence-corrected chi connectivity index (χ1v) is 7.35. The lowest BCUT2D eigenvalue weighted by molar-refractivity contribution is 0.232. The van der Waals surface area contributed by atoms with Crippen molar-refractivity contribution < 1.29 is 0 Å². The van der Waals surface area contributed by atoms with Crippen molar-refractivity contribution in [3.05, 3.63) is 27.7 Å². The molecular formula is C14H19BrClN. The third-order valence-corrected chi connectivity index (χ3v) is 4.52. The van der Waals surface area contributed by atoms with Crippen LogP contribution < -0.4 is 5.32 Å². The fourth-order valence-corrected chi connectivity index (χ4v) is 3.17. The molecule has 1 aliphatic rings. The molecule has 3 heteroatoms. The summed E-state index contributed by atoms with van der Waals surface area (Å²) >= 11 is 9.49. The molecule has 1 nitrogen and oxygen atoms in total. The van der Waals surface area contributed by atoms with Gasteiger partial charge in [0.15, 0.2) is 0 Å². The van der Waals surface area contributed by atoms with Crippen LogP contribution in [0.15, 0.2) is 22.7 Å². The molecule has 1 aromatic carbocycles. The summed E-state index contributed by atoms with van der Waals surface area (Å²) in [6, 6.07) is 6.52. The normalized spacial score (nSPS) is 20.2. The van der Waals surface area contributed by atoms with Gasteiger partial charge in [0, 0.05) is 21.2 Å². The van der Waals surface area contributed by atoms with E-state index >= 15 is 0 Å². The lowest BCUT2D eigenvalue weighted by Crippen LogP contribution is -2.29. The smallest absolute Gasteiger partial charge is 0.0487 e. The van der Waals surface area contributed by atoms with E-state index in [4.69, 9.17) is 11.6 Å². The standard InChI is InChI=1S/C14H19BrClN/c1-14(2)7-5-11(6-8-14)17-13-4-3-10(16)9-12(13)15/h3-4,9,11,17H,5-8H2,1-2H3. The first-order valence-electron chi connectivity index (χ1n) is 6.18. The average Bonchev–Trinajstić information content (AvgIpc) is 2.25. The van der Waals surface area contributed by atoms with E-state index in [0.29, 0.717) is 11.5 Å². The van der Waals surface area contributed by atoms with Gasteiger partial charge in [0.2, 0.25) is 0 Å². The Morgan fingerprint density at radius 1 is 1.29 bits per heavy atom. The van der Waals surface area contributed by atoms with Gasteiger partial charge in [-0.05, 0) is 65.2 Å². The maximum absolute atomic E-state index is 5.94. The van der Waals surface area contributed by atoms with Crippen LogP contribution in [0, 0.1) is 5.41 Å². The second-order valence-electron chi connectivity index (χ2n) is 5.71. The van der Waals surface area contributed by atoms with Gasteiger partial charge < -0.3 is 5.32 Å². The van der Waals surface area contributed by atoms with Crippen LogP contribution in [0.4, 0.5) is 5.69 Å². The van der Waals surface area contributed by atoms with Gasteiger partial charge in [-0.2, -0.15) is 0 Å². The van der Waals surface area contributed by atoms with E-state index in [9.17, 15) is 0 Å². The van der Waals surface area contributed by atoms with Gasteiger partial charge in [0.25, 0.3) is 0 Å². The molecule has 0 unspecified atom stereocenters. The Morgan fingerprint density at radius 3 is 2.53 bits per heavy atom. The predicted molar refractivity (Wildman–Crippen MR) is 78.8 cm³/mol. The molecule has 0 aromatic heterocycles. The quantitative estimate of drug-likeness (QED) is 0.761. The molecule has 0 aliphatic heterocycles. The molecule has 1 saturated carbocycles. The van der Waals surface area contributed by atoms with Crippen molar-refractivity contribution in [2.45, 2.75) is 45.6 Å². The highest BCUT2D eigenvalue weighted by atomic mass is 79.9. The summed E-state index contributed by atoms with van der Waals surface area (Å²) in [5, 5.41) is 4.38. The van der Waals surface area contributed by atoms with Crippen molar-refractivity contribution in [1.29, 1.82) is 0 Å². The number of benzene rings is 1. The van der Waals surface area contributed by atoms with Gasteiger partial charge in [-0.15, -0.1) is 0 Å². The molecule has 1 aromatic rings. The molecule has 0 radical (unpaired) electrons. The number of nitrogens with one attached hydrogen (secondary N) is 1. The Kier molecular flexibility index (Phi) is 4.04. The fraction of sp³-hybridized carbons (Fsp3) is 0.571. The van der Waals surface area contributed by atoms with Crippen LogP contribution in [0.2, 0.25) is 5.02 Å². The van der Waals surface area contributed by atoms with Crippen LogP contribution >= 0.6 is 27.5 Å². The van der Waals surface area contributed by atoms with E-state index in [2.05, 4.69) is 35.1 Å². The van der Waals surface area contributed by atoms with Crippen LogP contribution in [-0.2, 0) is 0 Å². The van der Waals surface area contributed by atoms with Crippen molar-refractivity contribution in [2.75, 3.05) is 5.32 Å². The fourth-order valence-electron chi connectivity index (χ4n) is 2.37. The zero-order valence-corrected chi connectivity index (χ0v) is 12.7. The molecule has 0 atom stereocenters. The SMILES string of the molecule is CC1(C)CCC(Nc2ccc(Cl)cc2Br)CC1. The van der Waals surface area contributed by atoms with Crippen molar-refractivity contribution in [2.24, 2.45) is 5.41 Å². The Labute approximate surface area is 117 Å². The topological polar surface area (TPSA) is 12.0 Å². The Bertz CT molecular complexity index is 393. The first-order chi connectivity index (χ1) is 7.96. The molecule has 94 valence electrons. The number of hydrogen-bond acceptors (Lipinski definition) is 1. The van der Waals surface area contributed by atoms with Crippen LogP contribution in [-0.4, -0.2) is 6.04 Å². The maximum Gasteiger partial charge on any atom is 0.0487 e. The Balaban J connectivity index is 1.98. The summed E-state index contributed by atoms with van der Waals surface area (Å²) < 4.78 is 1.05. The highest BCUT2D eigenvalue weighted by Crippen LogP contribution is 2.37. The molecule has 0 amide bonds. The lowest BCUT2D eigenvalue weighted by Gasteiger charge is -2.35. The van der Waals surface area contributed by atoms with Gasteiger partial charge in [-0.25, -0.2) is 0 Å². The van der Waals surface area contributed by atoms with Crippen molar-refractivity contribution in [1.82, 2.24) is 0 Å². The van der Waals surface area contributed by atoms with E-state index in [1.165, 1.54) is 25.7 Å². The van der Waals surface area contributed by atoms with Gasteiger partial charge in [0.1, 0.15) is 0 Å². The second-order valence-corrected chi connectivity index (χ2v) is 7.00. The Morgan fingerprint density at radius 2 is 1.94 bits per heavy atom. The Hall–Kier alpha value is -0.210. The average molecular weight is 317 g/mol. The molecule has 1 N–H and O–H groups in total. The first kappa shape index (κ1) is 13.2. The number of rotatable bonds is 2. The second kappa shape index (κ2) is 5.19. The molecule has 2 rings (SSSR count). The molecule has 1 fully saturated rings. The van der Waals surface area contributed by atoms with Crippen LogP contribution in [0.3, 0.4) is 0 Å². The third-order valence-electron chi connectivity index (χ3n) is 3.63. The highest BCUT2D eigenvalue weighted by molar-refractivity contribution is 9.10. The number of anilines is 1. The molecular weight excluding hydrogens is 298 g/mol. The van der Waals surface area contributed by atoms with E-state index in [1.807, 2.05) is 18.2 Å². The van der Waals surface area contributed by atoms with Crippen LogP contribution in [0.1, 0.15) is 39.5 Å². The van der Waals surface area contributed by atoms with E-state index < -0.39 is 0 Å². The summed E-state index contributed by atoms with van der Waals surface area (Å²) in [6.07, 6.45) is 5.11. The van der Waals surface area contributed by atoms with Crippen LogP contribution in [0.5, 0.6) is 0 Å². The van der Waals surface area contributed by atoms with E-state index in [-0.39, 0.29) is 0 Å². The van der Waals surface area contributed by atoms with E-state index in [0.717, 1.165) is 15.2 Å². The van der Waals surface area contributed by atoms with Crippen LogP contribution in [0.25, 0.3) is 0 Å². The molecule has 1 aliphatic carbocycles. The molecule has 0 bridgehead atoms. The van der Waals surface area contributed by atoms with E-state index in [1.54, 1.807) is 0 Å². The summed E-state index contributed by atoms with van der Waals surface area (Å²) in [4.78, 5) is 0. The van der Waals surface area contributed by atoms with Gasteiger partial charge in [-0.1, -0.05) is 25.4 Å². The largest absolute Gasteiger partial charge is 0.381 e. The molecule has 0 saturated heterocycles. The zero-order valence-electron chi connectivity index (χ0n) is 10.4. The minimum absolute atomic E-state index is 0.523. The van der Waals surface area contributed by atoms with Gasteiger partial charge in [0.05, 0.1) is 0 Å². The third kappa shape index (κ3) is 3.62. The minimum Gasteiger partial charge on any atom is -0.381 e. The van der Waals surface area contributed by atoms with Crippen molar-refractivity contribution in [3.63, 3.8) is 0 Å². The summed E-state index contributed by atoms with van der Waals surface area (Å²) in [5.74, 6) is 0. The zero-order chi connectivity index (χ0) is 12.5.